The number of rotatable bonds is 9. The number of hydrogen-bond acceptors (Lipinski definition) is 3. The average Bonchev–Trinajstić information content (AvgIpc) is 2.82. The van der Waals surface area contributed by atoms with Gasteiger partial charge in [0.25, 0.3) is 0 Å². The van der Waals surface area contributed by atoms with Crippen LogP contribution in [0.5, 0.6) is 0 Å². The largest absolute Gasteiger partial charge is 0.378 e. The van der Waals surface area contributed by atoms with E-state index in [-0.39, 0.29) is 5.91 Å². The highest BCUT2D eigenvalue weighted by Crippen LogP contribution is 2.14. The smallest absolute Gasteiger partial charge is 0.219 e. The number of carbonyl (C=O) groups excluding carboxylic acids is 1. The Bertz CT molecular complexity index is 204. The van der Waals surface area contributed by atoms with Crippen LogP contribution in [0.15, 0.2) is 0 Å². The van der Waals surface area contributed by atoms with Crippen molar-refractivity contribution in [2.75, 3.05) is 19.7 Å². The molecule has 1 aliphatic heterocycles. The van der Waals surface area contributed by atoms with E-state index in [2.05, 4.69) is 5.32 Å². The molecule has 100 valence electrons. The Morgan fingerprint density at radius 2 is 2.12 bits per heavy atom. The van der Waals surface area contributed by atoms with Crippen molar-refractivity contribution in [3.05, 3.63) is 0 Å². The second kappa shape index (κ2) is 9.42. The summed E-state index contributed by atoms with van der Waals surface area (Å²) in [7, 11) is 0. The molecule has 4 nitrogen and oxygen atoms in total. The standard InChI is InChI=1S/C13H26N2O2/c14-9-4-2-1-3-7-13(16)15-10-8-12-6-5-11-17-12/h12H,1-11,14H2,(H,15,16). The summed E-state index contributed by atoms with van der Waals surface area (Å²) in [6.07, 6.45) is 8.59. The predicted molar refractivity (Wildman–Crippen MR) is 68.7 cm³/mol. The molecule has 0 bridgehead atoms. The lowest BCUT2D eigenvalue weighted by molar-refractivity contribution is -0.121. The number of carbonyl (C=O) groups is 1. The third kappa shape index (κ3) is 7.34. The molecule has 1 aliphatic rings. The van der Waals surface area contributed by atoms with E-state index in [9.17, 15) is 4.79 Å². The van der Waals surface area contributed by atoms with Gasteiger partial charge in [-0.25, -0.2) is 0 Å². The van der Waals surface area contributed by atoms with E-state index >= 15 is 0 Å². The van der Waals surface area contributed by atoms with Crippen molar-refractivity contribution in [2.24, 2.45) is 5.73 Å². The van der Waals surface area contributed by atoms with Crippen molar-refractivity contribution in [3.8, 4) is 0 Å². The Kier molecular flexibility index (Phi) is 8.01. The molecule has 1 unspecified atom stereocenters. The van der Waals surface area contributed by atoms with Gasteiger partial charge in [0, 0.05) is 19.6 Å². The predicted octanol–water partition coefficient (Wildman–Crippen LogP) is 1.58. The van der Waals surface area contributed by atoms with Crippen LogP contribution < -0.4 is 11.1 Å². The molecule has 0 aromatic carbocycles. The molecule has 0 aliphatic carbocycles. The molecule has 0 saturated carbocycles. The Hall–Kier alpha value is -0.610. The molecule has 1 atom stereocenters. The van der Waals surface area contributed by atoms with Crippen LogP contribution in [0.2, 0.25) is 0 Å². The minimum Gasteiger partial charge on any atom is -0.378 e. The van der Waals surface area contributed by atoms with Gasteiger partial charge in [-0.1, -0.05) is 12.8 Å². The van der Waals surface area contributed by atoms with E-state index in [0.29, 0.717) is 12.5 Å². The maximum absolute atomic E-state index is 11.5. The van der Waals surface area contributed by atoms with Gasteiger partial charge in [-0.15, -0.1) is 0 Å². The highest BCUT2D eigenvalue weighted by Gasteiger charge is 2.14. The van der Waals surface area contributed by atoms with Crippen LogP contribution in [0.3, 0.4) is 0 Å². The fraction of sp³-hybridized carbons (Fsp3) is 0.923. The second-order valence-corrected chi connectivity index (χ2v) is 4.73. The molecule has 4 heteroatoms. The van der Waals surface area contributed by atoms with Crippen LogP contribution in [0.1, 0.15) is 51.4 Å². The zero-order valence-corrected chi connectivity index (χ0v) is 10.7. The van der Waals surface area contributed by atoms with Crippen molar-refractivity contribution in [3.63, 3.8) is 0 Å². The molecule has 1 fully saturated rings. The van der Waals surface area contributed by atoms with Gasteiger partial charge in [-0.2, -0.15) is 0 Å². The summed E-state index contributed by atoms with van der Waals surface area (Å²) < 4.78 is 5.50. The minimum atomic E-state index is 0.177. The van der Waals surface area contributed by atoms with Crippen molar-refractivity contribution < 1.29 is 9.53 Å². The zero-order chi connectivity index (χ0) is 12.3. The molecule has 1 rings (SSSR count). The van der Waals surface area contributed by atoms with Crippen LogP contribution in [0, 0.1) is 0 Å². The fourth-order valence-corrected chi connectivity index (χ4v) is 2.12. The van der Waals surface area contributed by atoms with Gasteiger partial charge in [-0.05, 0) is 38.6 Å². The molecule has 1 saturated heterocycles. The number of ether oxygens (including phenoxy) is 1. The molecule has 0 aromatic heterocycles. The minimum absolute atomic E-state index is 0.177. The monoisotopic (exact) mass is 242 g/mol. The lowest BCUT2D eigenvalue weighted by Gasteiger charge is -2.09. The second-order valence-electron chi connectivity index (χ2n) is 4.73. The maximum Gasteiger partial charge on any atom is 0.219 e. The van der Waals surface area contributed by atoms with Gasteiger partial charge >= 0.3 is 0 Å². The summed E-state index contributed by atoms with van der Waals surface area (Å²) >= 11 is 0. The van der Waals surface area contributed by atoms with Crippen molar-refractivity contribution in [1.29, 1.82) is 0 Å². The number of nitrogens with two attached hydrogens (primary N) is 1. The summed E-state index contributed by atoms with van der Waals surface area (Å²) in [5.41, 5.74) is 5.40. The topological polar surface area (TPSA) is 64.4 Å². The Morgan fingerprint density at radius 1 is 1.29 bits per heavy atom. The molecule has 1 amide bonds. The Labute approximate surface area is 104 Å². The molecule has 3 N–H and O–H groups in total. The van der Waals surface area contributed by atoms with Gasteiger partial charge in [0.15, 0.2) is 0 Å². The summed E-state index contributed by atoms with van der Waals surface area (Å²) in [6, 6.07) is 0. The normalized spacial score (nSPS) is 19.5. The Morgan fingerprint density at radius 3 is 2.82 bits per heavy atom. The third-order valence-electron chi connectivity index (χ3n) is 3.17. The van der Waals surface area contributed by atoms with Crippen LogP contribution in [-0.4, -0.2) is 31.7 Å². The molecular formula is C13H26N2O2. The number of amides is 1. The van der Waals surface area contributed by atoms with Crippen LogP contribution >= 0.6 is 0 Å². The van der Waals surface area contributed by atoms with E-state index < -0.39 is 0 Å². The Balaban J connectivity index is 1.86. The van der Waals surface area contributed by atoms with Crippen LogP contribution in [-0.2, 0) is 9.53 Å². The quantitative estimate of drug-likeness (QED) is 0.603. The van der Waals surface area contributed by atoms with E-state index in [4.69, 9.17) is 10.5 Å². The fourth-order valence-electron chi connectivity index (χ4n) is 2.12. The first-order valence-corrected chi connectivity index (χ1v) is 6.91. The number of nitrogens with one attached hydrogen (secondary N) is 1. The molecule has 1 heterocycles. The first-order chi connectivity index (χ1) is 8.33. The van der Waals surface area contributed by atoms with E-state index in [0.717, 1.165) is 58.2 Å². The van der Waals surface area contributed by atoms with Gasteiger partial charge in [0.2, 0.25) is 5.91 Å². The summed E-state index contributed by atoms with van der Waals surface area (Å²) in [6.45, 7) is 2.40. The molecule has 0 aromatic rings. The lowest BCUT2D eigenvalue weighted by Crippen LogP contribution is -2.26. The SMILES string of the molecule is NCCCCCCC(=O)NCCC1CCCO1. The van der Waals surface area contributed by atoms with Crippen molar-refractivity contribution >= 4 is 5.91 Å². The van der Waals surface area contributed by atoms with Crippen LogP contribution in [0.25, 0.3) is 0 Å². The van der Waals surface area contributed by atoms with Crippen molar-refractivity contribution in [2.45, 2.75) is 57.5 Å². The van der Waals surface area contributed by atoms with Gasteiger partial charge in [-0.3, -0.25) is 4.79 Å². The third-order valence-corrected chi connectivity index (χ3v) is 3.17. The van der Waals surface area contributed by atoms with Gasteiger partial charge in [0.05, 0.1) is 6.10 Å². The van der Waals surface area contributed by atoms with Crippen molar-refractivity contribution in [1.82, 2.24) is 5.32 Å². The highest BCUT2D eigenvalue weighted by molar-refractivity contribution is 5.75. The molecule has 17 heavy (non-hydrogen) atoms. The molecular weight excluding hydrogens is 216 g/mol. The average molecular weight is 242 g/mol. The van der Waals surface area contributed by atoms with Crippen LogP contribution in [0.4, 0.5) is 0 Å². The van der Waals surface area contributed by atoms with Gasteiger partial charge in [0.1, 0.15) is 0 Å². The number of unbranched alkanes of at least 4 members (excludes halogenated alkanes) is 3. The summed E-state index contributed by atoms with van der Waals surface area (Å²) in [4.78, 5) is 11.5. The van der Waals surface area contributed by atoms with E-state index in [1.165, 1.54) is 6.42 Å². The van der Waals surface area contributed by atoms with Gasteiger partial charge < -0.3 is 15.8 Å². The van der Waals surface area contributed by atoms with E-state index in [1.807, 2.05) is 0 Å². The summed E-state index contributed by atoms with van der Waals surface area (Å²) in [5.74, 6) is 0.177. The first kappa shape index (κ1) is 14.5. The van der Waals surface area contributed by atoms with E-state index in [1.54, 1.807) is 0 Å². The lowest BCUT2D eigenvalue weighted by atomic mass is 10.1. The number of hydrogen-bond donors (Lipinski definition) is 2. The maximum atomic E-state index is 11.5. The molecule has 0 spiro atoms. The summed E-state index contributed by atoms with van der Waals surface area (Å²) in [5, 5.41) is 2.96. The first-order valence-electron chi connectivity index (χ1n) is 6.91. The molecule has 0 radical (unpaired) electrons. The zero-order valence-electron chi connectivity index (χ0n) is 10.7. The highest BCUT2D eigenvalue weighted by atomic mass is 16.5.